The standard InChI is InChI=1S/C18H42O3Si2.C12H26O3.C12H28O2Si.C11H24O3.C8H20O2Si/c1-13(2)19-22(15(5)6,16(7)8)21-23(17(9)10,18(11)12)20-14(3)4;1-8-12(13-9(2)3,14-10(4)5)15-11(6)7;1-9(2)13-15(11(5)6,12(7)8)14-10(3)4;1-8(2)12-11(7,13-9(3)4)14-10(5)6;1-7(2)9-11(5,6)10-8(3)4/h13-18H,1-12H3;9-11H,8H2,1-7H3;9-12H,1-8H3;8-10H,1-7H3;7-8H,1-6H3. The van der Waals surface area contributed by atoms with Crippen LogP contribution in [0.3, 0.4) is 0 Å². The van der Waals surface area contributed by atoms with E-state index in [1.54, 1.807) is 0 Å². The highest BCUT2D eigenvalue weighted by Crippen LogP contribution is 2.45. The topological polar surface area (TPSA) is 120 Å². The average Bonchev–Trinajstić information content (AvgIpc) is 3.16. The smallest absolute Gasteiger partial charge is 0.343 e. The predicted molar refractivity (Wildman–Crippen MR) is 342 cm³/mol. The first kappa shape index (κ1) is 87.1. The lowest BCUT2D eigenvalue weighted by atomic mass is 10.3. The van der Waals surface area contributed by atoms with E-state index >= 15 is 0 Å². The summed E-state index contributed by atoms with van der Waals surface area (Å²) in [5, 5.41) is 0. The zero-order valence-corrected chi connectivity index (χ0v) is 63.4. The van der Waals surface area contributed by atoms with Crippen LogP contribution in [0.5, 0.6) is 0 Å². The van der Waals surface area contributed by atoms with Crippen molar-refractivity contribution in [2.24, 2.45) is 0 Å². The van der Waals surface area contributed by atoms with Gasteiger partial charge in [0.15, 0.2) is 0 Å². The molecule has 0 radical (unpaired) electrons. The maximum Gasteiger partial charge on any atom is 0.343 e. The number of rotatable bonds is 33. The summed E-state index contributed by atoms with van der Waals surface area (Å²) in [5.74, 6) is -1.83. The molecule has 0 aromatic heterocycles. The minimum atomic E-state index is -2.40. The van der Waals surface area contributed by atoms with Crippen molar-refractivity contribution >= 4 is 34.2 Å². The van der Waals surface area contributed by atoms with Crippen molar-refractivity contribution in [2.45, 2.75) is 401 Å². The molecular formula is C61H140O13Si4. The molecule has 0 spiro atoms. The first-order valence-corrected chi connectivity index (χ1v) is 39.5. The summed E-state index contributed by atoms with van der Waals surface area (Å²) < 4.78 is 78.1. The maximum atomic E-state index is 7.13. The van der Waals surface area contributed by atoms with E-state index in [-0.39, 0.29) is 73.2 Å². The first-order valence-electron chi connectivity index (χ1n) is 30.8. The van der Waals surface area contributed by atoms with E-state index in [1.165, 1.54) is 0 Å². The van der Waals surface area contributed by atoms with Gasteiger partial charge in [-0.15, -0.1) is 0 Å². The Labute approximate surface area is 492 Å². The number of ether oxygens (including phenoxy) is 6. The SMILES string of the molecule is CC(C)OC(C)(OC(C)C)OC(C)C.CC(C)O[Si](C)(C)OC(C)C.CC(C)O[Si](OC(C)C)(C(C)C)C(C)C.CC(C)O[Si](O[Si](OC(C)C)(C(C)C)C(C)C)(C(C)C)C(C)C.CCC(OC(C)C)(OC(C)C)OC(C)C. The van der Waals surface area contributed by atoms with Crippen LogP contribution in [0.2, 0.25) is 46.3 Å². The van der Waals surface area contributed by atoms with Gasteiger partial charge in [0.05, 0.1) is 36.6 Å². The molecule has 0 aliphatic carbocycles. The van der Waals surface area contributed by atoms with Crippen molar-refractivity contribution in [3.8, 4) is 0 Å². The van der Waals surface area contributed by atoms with Gasteiger partial charge in [0.1, 0.15) is 0 Å². The van der Waals surface area contributed by atoms with Crippen LogP contribution < -0.4 is 0 Å². The molecule has 478 valence electrons. The van der Waals surface area contributed by atoms with E-state index in [0.717, 1.165) is 0 Å². The highest BCUT2D eigenvalue weighted by atomic mass is 28.5. The minimum Gasteiger partial charge on any atom is -0.414 e. The third-order valence-electron chi connectivity index (χ3n) is 10.9. The van der Waals surface area contributed by atoms with E-state index in [9.17, 15) is 0 Å². The maximum absolute atomic E-state index is 7.13. The van der Waals surface area contributed by atoms with Gasteiger partial charge in [0.2, 0.25) is 0 Å². The molecule has 0 fully saturated rings. The third-order valence-corrected chi connectivity index (χ3v) is 28.5. The fourth-order valence-corrected chi connectivity index (χ4v) is 27.0. The molecule has 0 N–H and O–H groups in total. The fraction of sp³-hybridized carbons (Fsp3) is 1.00. The molecule has 78 heavy (non-hydrogen) atoms. The van der Waals surface area contributed by atoms with E-state index in [0.29, 0.717) is 39.7 Å². The van der Waals surface area contributed by atoms with Crippen molar-refractivity contribution in [3.63, 3.8) is 0 Å². The average molecular weight is 1190 g/mol. The van der Waals surface area contributed by atoms with Crippen LogP contribution >= 0.6 is 0 Å². The highest BCUT2D eigenvalue weighted by molar-refractivity contribution is 6.83. The van der Waals surface area contributed by atoms with Crippen LogP contribution in [-0.2, 0) is 59.1 Å². The summed E-state index contributed by atoms with van der Waals surface area (Å²) >= 11 is 0. The van der Waals surface area contributed by atoms with Crippen LogP contribution in [-0.4, -0.2) is 119 Å². The Morgan fingerprint density at radius 3 is 0.577 bits per heavy atom. The molecule has 17 heteroatoms. The predicted octanol–water partition coefficient (Wildman–Crippen LogP) is 19.3. The van der Waals surface area contributed by atoms with Crippen molar-refractivity contribution < 1.29 is 59.1 Å². The van der Waals surface area contributed by atoms with Crippen LogP contribution in [0.1, 0.15) is 270 Å². The molecule has 0 rings (SSSR count). The molecule has 0 aliphatic heterocycles. The van der Waals surface area contributed by atoms with E-state index in [1.807, 2.05) is 125 Å². The van der Waals surface area contributed by atoms with Crippen LogP contribution in [0.15, 0.2) is 0 Å². The normalized spacial score (nSPS) is 13.6. The number of hydrogen-bond acceptors (Lipinski definition) is 13. The second kappa shape index (κ2) is 41.4. The minimum absolute atomic E-state index is 0.0810. The summed E-state index contributed by atoms with van der Waals surface area (Å²) in [4.78, 5) is 0. The van der Waals surface area contributed by atoms with Gasteiger partial charge in [0.25, 0.3) is 11.9 Å². The Hall–Kier alpha value is 0.348. The third kappa shape index (κ3) is 39.1. The van der Waals surface area contributed by atoms with Gasteiger partial charge in [-0.25, -0.2) is 0 Å². The van der Waals surface area contributed by atoms with Crippen molar-refractivity contribution in [2.75, 3.05) is 0 Å². The Morgan fingerprint density at radius 2 is 0.436 bits per heavy atom. The largest absolute Gasteiger partial charge is 0.414 e. The molecule has 0 aromatic rings. The van der Waals surface area contributed by atoms with Crippen molar-refractivity contribution in [1.82, 2.24) is 0 Å². The van der Waals surface area contributed by atoms with Gasteiger partial charge in [-0.3, -0.25) is 0 Å². The zero-order valence-electron chi connectivity index (χ0n) is 59.4. The van der Waals surface area contributed by atoms with Gasteiger partial charge in [0, 0.05) is 50.0 Å². The second-order valence-corrected chi connectivity index (χ2v) is 42.8. The van der Waals surface area contributed by atoms with Gasteiger partial charge in [-0.1, -0.05) is 90.0 Å². The van der Waals surface area contributed by atoms with E-state index < -0.39 is 46.2 Å². The summed E-state index contributed by atoms with van der Waals surface area (Å²) in [6.07, 6.45) is 2.58. The molecular weight excluding hydrogens is 1050 g/mol. The van der Waals surface area contributed by atoms with Crippen molar-refractivity contribution in [1.29, 1.82) is 0 Å². The van der Waals surface area contributed by atoms with E-state index in [2.05, 4.69) is 152 Å². The Morgan fingerprint density at radius 1 is 0.256 bits per heavy atom. The molecule has 0 atom stereocenters. The van der Waals surface area contributed by atoms with Crippen molar-refractivity contribution in [3.05, 3.63) is 0 Å². The molecule has 0 amide bonds. The fourth-order valence-electron chi connectivity index (χ4n) is 9.30. The molecule has 0 aromatic carbocycles. The lowest BCUT2D eigenvalue weighted by Gasteiger charge is -2.49. The van der Waals surface area contributed by atoms with E-state index in [4.69, 9.17) is 59.1 Å². The molecule has 0 saturated heterocycles. The molecule has 0 saturated carbocycles. The first-order chi connectivity index (χ1) is 34.9. The van der Waals surface area contributed by atoms with Crippen LogP contribution in [0.25, 0.3) is 0 Å². The second-order valence-electron chi connectivity index (χ2n) is 26.5. The molecule has 0 aliphatic rings. The van der Waals surface area contributed by atoms with Crippen LogP contribution in [0, 0.1) is 0 Å². The zero-order chi connectivity index (χ0) is 63.3. The Balaban J connectivity index is -0.000000291. The Kier molecular flexibility index (Phi) is 46.3. The van der Waals surface area contributed by atoms with Gasteiger partial charge < -0.3 is 59.1 Å². The van der Waals surface area contributed by atoms with Gasteiger partial charge >= 0.3 is 34.2 Å². The summed E-state index contributed by atoms with van der Waals surface area (Å²) in [6.45, 7) is 83.6. The quantitative estimate of drug-likeness (QED) is 0.0458. The summed E-state index contributed by atoms with van der Waals surface area (Å²) in [7, 11) is -8.71. The lowest BCUT2D eigenvalue weighted by molar-refractivity contribution is -0.410. The van der Waals surface area contributed by atoms with Gasteiger partial charge in [-0.2, -0.15) is 0 Å². The molecule has 0 bridgehead atoms. The lowest BCUT2D eigenvalue weighted by Crippen LogP contribution is -2.62. The number of hydrogen-bond donors (Lipinski definition) is 0. The molecule has 0 unspecified atom stereocenters. The highest BCUT2D eigenvalue weighted by Gasteiger charge is 2.57. The molecule has 0 heterocycles. The summed E-state index contributed by atoms with van der Waals surface area (Å²) in [6, 6.07) is 0. The molecule has 13 nitrogen and oxygen atoms in total. The monoisotopic (exact) mass is 1190 g/mol. The van der Waals surface area contributed by atoms with Crippen LogP contribution in [0.4, 0.5) is 0 Å². The summed E-state index contributed by atoms with van der Waals surface area (Å²) in [5.41, 5.74) is 2.55. The Bertz CT molecular complexity index is 1280. The van der Waals surface area contributed by atoms with Gasteiger partial charge in [-0.05, 0) is 213 Å².